The number of aryl methyl sites for hydroxylation is 1. The largest absolute Gasteiger partial charge is 0.458 e. The minimum absolute atomic E-state index is 0.0393. The van der Waals surface area contributed by atoms with Crippen molar-refractivity contribution >= 4 is 30.7 Å². The molecule has 2 aliphatic heterocycles. The van der Waals surface area contributed by atoms with Gasteiger partial charge >= 0.3 is 19.8 Å². The SMILES string of the molecule is CCOC(CNP(=O)(OCCCCCNC(=O)OCc1ccccc1)Oc1ccc2nc3c(c(CC)c2c1)Cn1c-3cc2c(c1=O)COC(=O)[C@]2(O)CC)OCC. The van der Waals surface area contributed by atoms with Crippen LogP contribution in [0.1, 0.15) is 81.2 Å². The van der Waals surface area contributed by atoms with Crippen LogP contribution in [-0.4, -0.2) is 65.9 Å². The molecule has 0 bridgehead atoms. The third-order valence-corrected chi connectivity index (χ3v) is 11.6. The van der Waals surface area contributed by atoms with Gasteiger partial charge < -0.3 is 38.5 Å². The second kappa shape index (κ2) is 18.8. The van der Waals surface area contributed by atoms with Gasteiger partial charge in [0, 0.05) is 36.3 Å². The standard InChI is InChI=1S/C41H51N4O11P/c1-5-29-30-21-28(17-18-34(30)44-37-31(29)24-45-35(37)22-33-32(38(45)46)26-53-39(47)41(33,49)6-2)56-57(50,43-23-36(51-7-3)52-8-4)55-20-14-10-13-19-42-40(48)54-25-27-15-11-9-12-16-27/h9,11-12,15-18,21-22,36,49H,5-8,10,13-14,19-20,23-26H2,1-4H3,(H,42,48)(H,43,50)/t41-,57?/m0/s1. The molecule has 3 N–H and O–H groups in total. The number of alkyl carbamates (subject to hydrolysis) is 1. The fourth-order valence-electron chi connectivity index (χ4n) is 7.12. The normalized spacial score (nSPS) is 16.8. The molecule has 15 nitrogen and oxygen atoms in total. The quantitative estimate of drug-likeness (QED) is 0.0348. The Balaban J connectivity index is 1.16. The molecule has 306 valence electrons. The Morgan fingerprint density at radius 3 is 2.51 bits per heavy atom. The van der Waals surface area contributed by atoms with E-state index < -0.39 is 31.7 Å². The van der Waals surface area contributed by atoms with Crippen molar-refractivity contribution < 1.29 is 47.3 Å². The molecule has 0 aliphatic carbocycles. The summed E-state index contributed by atoms with van der Waals surface area (Å²) in [7, 11) is -3.99. The van der Waals surface area contributed by atoms with Crippen LogP contribution in [0.15, 0.2) is 59.4 Å². The lowest BCUT2D eigenvalue weighted by Crippen LogP contribution is -2.44. The van der Waals surface area contributed by atoms with Gasteiger partial charge in [0.25, 0.3) is 5.56 Å². The predicted octanol–water partition coefficient (Wildman–Crippen LogP) is 6.23. The number of nitrogens with one attached hydrogen (secondary N) is 2. The molecule has 57 heavy (non-hydrogen) atoms. The van der Waals surface area contributed by atoms with Crippen LogP contribution in [0.3, 0.4) is 0 Å². The summed E-state index contributed by atoms with van der Waals surface area (Å²) in [6.07, 6.45) is 1.35. The van der Waals surface area contributed by atoms with E-state index in [1.54, 1.807) is 35.8 Å². The van der Waals surface area contributed by atoms with Crippen LogP contribution < -0.4 is 20.5 Å². The number of hydrogen-bond donors (Lipinski definition) is 3. The molecule has 1 unspecified atom stereocenters. The maximum absolute atomic E-state index is 14.3. The van der Waals surface area contributed by atoms with Crippen molar-refractivity contribution in [1.82, 2.24) is 20.0 Å². The van der Waals surface area contributed by atoms with E-state index in [-0.39, 0.29) is 61.8 Å². The van der Waals surface area contributed by atoms with Gasteiger partial charge in [0.1, 0.15) is 19.0 Å². The van der Waals surface area contributed by atoms with Crippen molar-refractivity contribution in [2.45, 2.75) is 91.4 Å². The summed E-state index contributed by atoms with van der Waals surface area (Å²) in [6.45, 7) is 8.91. The average Bonchev–Trinajstić information content (AvgIpc) is 3.58. The average molecular weight is 807 g/mol. The number of amides is 1. The first kappa shape index (κ1) is 42.0. The van der Waals surface area contributed by atoms with Crippen LogP contribution in [0.2, 0.25) is 0 Å². The van der Waals surface area contributed by atoms with E-state index >= 15 is 0 Å². The lowest BCUT2D eigenvalue weighted by atomic mass is 9.86. The first-order valence-electron chi connectivity index (χ1n) is 19.5. The highest BCUT2D eigenvalue weighted by Crippen LogP contribution is 2.46. The number of esters is 1. The van der Waals surface area contributed by atoms with E-state index in [9.17, 15) is 24.1 Å². The van der Waals surface area contributed by atoms with Crippen LogP contribution in [-0.2, 0) is 64.6 Å². The van der Waals surface area contributed by atoms with E-state index in [4.69, 9.17) is 33.0 Å². The lowest BCUT2D eigenvalue weighted by Gasteiger charge is -2.31. The number of benzene rings is 2. The molecular weight excluding hydrogens is 755 g/mol. The maximum Gasteiger partial charge on any atom is 0.458 e. The maximum atomic E-state index is 14.3. The third-order valence-electron chi connectivity index (χ3n) is 10.1. The summed E-state index contributed by atoms with van der Waals surface area (Å²) in [4.78, 5) is 43.4. The summed E-state index contributed by atoms with van der Waals surface area (Å²) in [6, 6.07) is 16.3. The Kier molecular flexibility index (Phi) is 13.8. The summed E-state index contributed by atoms with van der Waals surface area (Å²) in [5.74, 6) is -0.495. The highest BCUT2D eigenvalue weighted by molar-refractivity contribution is 7.52. The Hall–Kier alpha value is -4.63. The molecule has 2 aliphatic rings. The van der Waals surface area contributed by atoms with Gasteiger partial charge in [0.15, 0.2) is 11.9 Å². The Morgan fingerprint density at radius 2 is 1.79 bits per heavy atom. The zero-order valence-corrected chi connectivity index (χ0v) is 33.7. The molecule has 16 heteroatoms. The number of fused-ring (bicyclic) bond motifs is 5. The third kappa shape index (κ3) is 9.41. The van der Waals surface area contributed by atoms with Gasteiger partial charge in [-0.2, -0.15) is 0 Å². The number of carbonyl (C=O) groups is 2. The molecule has 4 aromatic rings. The number of ether oxygens (including phenoxy) is 4. The van der Waals surface area contributed by atoms with Crippen LogP contribution in [0.5, 0.6) is 5.75 Å². The van der Waals surface area contributed by atoms with Crippen molar-refractivity contribution in [2.24, 2.45) is 0 Å². The minimum atomic E-state index is -3.99. The zero-order chi connectivity index (χ0) is 40.6. The number of nitrogens with zero attached hydrogens (tertiary/aromatic N) is 2. The van der Waals surface area contributed by atoms with Crippen LogP contribution >= 0.6 is 7.75 Å². The molecule has 0 saturated carbocycles. The number of aliphatic hydroxyl groups is 1. The second-order valence-electron chi connectivity index (χ2n) is 13.7. The summed E-state index contributed by atoms with van der Waals surface area (Å²) >= 11 is 0. The fraction of sp³-hybridized carbons (Fsp3) is 0.463. The van der Waals surface area contributed by atoms with Gasteiger partial charge in [-0.05, 0) is 81.3 Å². The Bertz CT molecular complexity index is 2170. The highest BCUT2D eigenvalue weighted by atomic mass is 31.2. The fourth-order valence-corrected chi connectivity index (χ4v) is 8.46. The van der Waals surface area contributed by atoms with Crippen LogP contribution in [0, 0.1) is 0 Å². The minimum Gasteiger partial charge on any atom is -0.458 e. The molecule has 6 rings (SSSR count). The van der Waals surface area contributed by atoms with Crippen LogP contribution in [0.25, 0.3) is 22.3 Å². The van der Waals surface area contributed by atoms with Gasteiger partial charge in [-0.15, -0.1) is 0 Å². The number of cyclic esters (lactones) is 1. The van der Waals surface area contributed by atoms with E-state index in [1.165, 1.54) is 0 Å². The summed E-state index contributed by atoms with van der Waals surface area (Å²) in [5, 5.41) is 17.7. The first-order valence-corrected chi connectivity index (χ1v) is 21.1. The topological polar surface area (TPSA) is 186 Å². The Labute approximate surface area is 331 Å². The van der Waals surface area contributed by atoms with Gasteiger partial charge in [-0.1, -0.05) is 44.2 Å². The molecular formula is C41H51N4O11P. The molecule has 0 radical (unpaired) electrons. The molecule has 2 aromatic carbocycles. The second-order valence-corrected chi connectivity index (χ2v) is 15.5. The number of carbonyl (C=O) groups excluding carboxylic acids is 2. The summed E-state index contributed by atoms with van der Waals surface area (Å²) in [5.41, 5.74) is 2.64. The van der Waals surface area contributed by atoms with Crippen molar-refractivity contribution in [3.63, 3.8) is 0 Å². The van der Waals surface area contributed by atoms with E-state index in [0.29, 0.717) is 62.3 Å². The smallest absolute Gasteiger partial charge is 0.458 e. The van der Waals surface area contributed by atoms with E-state index in [2.05, 4.69) is 10.4 Å². The molecule has 2 aromatic heterocycles. The predicted molar refractivity (Wildman–Crippen MR) is 212 cm³/mol. The van der Waals surface area contributed by atoms with Crippen molar-refractivity contribution in [2.75, 3.05) is 32.9 Å². The van der Waals surface area contributed by atoms with Crippen molar-refractivity contribution in [3.8, 4) is 17.1 Å². The van der Waals surface area contributed by atoms with Gasteiger partial charge in [-0.25, -0.2) is 24.2 Å². The number of rotatable bonds is 20. The van der Waals surface area contributed by atoms with Crippen molar-refractivity contribution in [1.29, 1.82) is 0 Å². The number of hydrogen-bond acceptors (Lipinski definition) is 12. The number of aromatic nitrogens is 2. The van der Waals surface area contributed by atoms with Gasteiger partial charge in [0.2, 0.25) is 0 Å². The van der Waals surface area contributed by atoms with E-state index in [0.717, 1.165) is 22.1 Å². The van der Waals surface area contributed by atoms with Gasteiger partial charge in [0.05, 0.1) is 42.2 Å². The molecule has 0 saturated heterocycles. The number of pyridine rings is 2. The van der Waals surface area contributed by atoms with Crippen molar-refractivity contribution in [3.05, 3.63) is 92.8 Å². The monoisotopic (exact) mass is 806 g/mol. The lowest BCUT2D eigenvalue weighted by molar-refractivity contribution is -0.172. The van der Waals surface area contributed by atoms with Crippen LogP contribution in [0.4, 0.5) is 4.79 Å². The van der Waals surface area contributed by atoms with Gasteiger partial charge in [-0.3, -0.25) is 9.32 Å². The molecule has 1 amide bonds. The summed E-state index contributed by atoms with van der Waals surface area (Å²) < 4.78 is 49.7. The van der Waals surface area contributed by atoms with E-state index in [1.807, 2.05) is 51.1 Å². The molecule has 2 atom stereocenters. The molecule has 0 spiro atoms. The first-order chi connectivity index (χ1) is 27.5. The molecule has 0 fully saturated rings. The highest BCUT2D eigenvalue weighted by Gasteiger charge is 2.45. The zero-order valence-electron chi connectivity index (χ0n) is 32.8. The molecule has 4 heterocycles. The Morgan fingerprint density at radius 1 is 1.02 bits per heavy atom. The number of unbranched alkanes of at least 4 members (excludes halogenated alkanes) is 2.